The Labute approximate surface area is 202 Å². The van der Waals surface area contributed by atoms with E-state index in [0.717, 1.165) is 54.2 Å². The third-order valence-corrected chi connectivity index (χ3v) is 8.05. The number of nitrogens with zero attached hydrogens (tertiary/aromatic N) is 4. The van der Waals surface area contributed by atoms with Gasteiger partial charge in [-0.05, 0) is 44.2 Å². The molecule has 2 aliphatic rings. The molecule has 3 amide bonds. The second-order valence-electron chi connectivity index (χ2n) is 9.04. The Morgan fingerprint density at radius 2 is 1.88 bits per heavy atom. The Bertz CT molecular complexity index is 1210. The van der Waals surface area contributed by atoms with Crippen molar-refractivity contribution in [2.45, 2.75) is 56.9 Å². The highest BCUT2D eigenvalue weighted by molar-refractivity contribution is 7.19. The lowest BCUT2D eigenvalue weighted by molar-refractivity contribution is -0.121. The number of carbonyl (C=O) groups excluding carboxylic acids is 2. The maximum absolute atomic E-state index is 12.8. The van der Waals surface area contributed by atoms with Crippen molar-refractivity contribution < 1.29 is 9.59 Å². The summed E-state index contributed by atoms with van der Waals surface area (Å²) in [5, 5.41) is 3.32. The molecule has 0 unspecified atom stereocenters. The van der Waals surface area contributed by atoms with Gasteiger partial charge in [-0.2, -0.15) is 0 Å². The first kappa shape index (κ1) is 22.5. The molecule has 9 heteroatoms. The Balaban J connectivity index is 1.42. The van der Waals surface area contributed by atoms with Crippen molar-refractivity contribution in [2.24, 2.45) is 5.73 Å². The summed E-state index contributed by atoms with van der Waals surface area (Å²) < 4.78 is 0. The van der Waals surface area contributed by atoms with Gasteiger partial charge in [0.15, 0.2) is 5.13 Å². The second kappa shape index (κ2) is 9.13. The van der Waals surface area contributed by atoms with Crippen LogP contribution >= 0.6 is 11.3 Å². The van der Waals surface area contributed by atoms with Gasteiger partial charge in [-0.3, -0.25) is 10.1 Å². The fraction of sp³-hybridized carbons (Fsp3) is 0.400. The van der Waals surface area contributed by atoms with E-state index in [2.05, 4.69) is 34.6 Å². The molecule has 0 bridgehead atoms. The zero-order chi connectivity index (χ0) is 23.7. The molecule has 0 radical (unpaired) electrons. The van der Waals surface area contributed by atoms with E-state index in [1.165, 1.54) is 21.8 Å². The number of urea groups is 1. The minimum absolute atomic E-state index is 0.174. The number of carbonyl (C=O) groups is 2. The number of primary amides is 1. The summed E-state index contributed by atoms with van der Waals surface area (Å²) in [4.78, 5) is 41.1. The lowest BCUT2D eigenvalue weighted by Gasteiger charge is -2.28. The van der Waals surface area contributed by atoms with Crippen molar-refractivity contribution in [3.05, 3.63) is 59.7 Å². The second-order valence-corrected chi connectivity index (χ2v) is 10.0. The predicted octanol–water partition coefficient (Wildman–Crippen LogP) is 4.25. The first-order chi connectivity index (χ1) is 16.5. The monoisotopic (exact) mass is 476 g/mol. The molecule has 1 saturated heterocycles. The highest BCUT2D eigenvalue weighted by Crippen LogP contribution is 2.45. The van der Waals surface area contributed by atoms with Gasteiger partial charge in [-0.1, -0.05) is 54.5 Å². The molecular weight excluding hydrogens is 448 g/mol. The molecule has 176 valence electrons. The van der Waals surface area contributed by atoms with Crippen LogP contribution in [-0.4, -0.2) is 44.4 Å². The summed E-state index contributed by atoms with van der Waals surface area (Å²) in [5.74, 6) is 0.366. The highest BCUT2D eigenvalue weighted by atomic mass is 32.1. The maximum atomic E-state index is 12.8. The van der Waals surface area contributed by atoms with Gasteiger partial charge in [-0.25, -0.2) is 19.7 Å². The van der Waals surface area contributed by atoms with E-state index in [9.17, 15) is 9.59 Å². The molecule has 0 spiro atoms. The zero-order valence-corrected chi connectivity index (χ0v) is 20.0. The van der Waals surface area contributed by atoms with Crippen molar-refractivity contribution >= 4 is 28.4 Å². The predicted molar refractivity (Wildman–Crippen MR) is 132 cm³/mol. The number of nitrogens with two attached hydrogens (primary N) is 1. The Morgan fingerprint density at radius 3 is 2.62 bits per heavy atom. The molecule has 34 heavy (non-hydrogen) atoms. The Kier molecular flexibility index (Phi) is 6.03. The van der Waals surface area contributed by atoms with Crippen LogP contribution in [0.2, 0.25) is 0 Å². The zero-order valence-electron chi connectivity index (χ0n) is 19.2. The summed E-state index contributed by atoms with van der Waals surface area (Å²) >= 11 is 1.38. The lowest BCUT2D eigenvalue weighted by Crippen LogP contribution is -2.45. The summed E-state index contributed by atoms with van der Waals surface area (Å²) in [5.41, 5.74) is 8.13. The van der Waals surface area contributed by atoms with Gasteiger partial charge in [0, 0.05) is 12.7 Å². The number of amides is 3. The van der Waals surface area contributed by atoms with E-state index >= 15 is 0 Å². The molecule has 1 atom stereocenters. The van der Waals surface area contributed by atoms with Gasteiger partial charge in [0.2, 0.25) is 5.91 Å². The van der Waals surface area contributed by atoms with Crippen LogP contribution in [0.5, 0.6) is 0 Å². The van der Waals surface area contributed by atoms with E-state index in [0.29, 0.717) is 18.1 Å². The standard InChI is InChI=1S/C25H28N6O2S/c1-16-20(34-23(28-16)30-24(33)31-15-7-10-19(31)21(26)32)18-11-14-27-22(29-18)25(12-5-6-13-25)17-8-3-2-4-9-17/h2-4,8-9,11,14,19H,5-7,10,12-13,15H2,1H3,(H2,26,32)(H,28,30,33)/t19-/m0/s1. The number of aryl methyl sites for hydroxylation is 1. The van der Waals surface area contributed by atoms with E-state index in [4.69, 9.17) is 15.7 Å². The lowest BCUT2D eigenvalue weighted by atomic mass is 9.78. The van der Waals surface area contributed by atoms with E-state index in [1.807, 2.05) is 25.3 Å². The number of aromatic nitrogens is 3. The third-order valence-electron chi connectivity index (χ3n) is 6.95. The van der Waals surface area contributed by atoms with E-state index in [-0.39, 0.29) is 11.4 Å². The van der Waals surface area contributed by atoms with Gasteiger partial charge in [0.1, 0.15) is 11.9 Å². The SMILES string of the molecule is Cc1nc(NC(=O)N2CCC[C@H]2C(N)=O)sc1-c1ccnc(C2(c3ccccc3)CCCC2)n1. The number of anilines is 1. The highest BCUT2D eigenvalue weighted by Gasteiger charge is 2.40. The summed E-state index contributed by atoms with van der Waals surface area (Å²) in [6.07, 6.45) is 7.54. The summed E-state index contributed by atoms with van der Waals surface area (Å²) in [6, 6.07) is 11.5. The molecule has 3 heterocycles. The van der Waals surface area contributed by atoms with Crippen LogP contribution in [0.4, 0.5) is 9.93 Å². The van der Waals surface area contributed by atoms with Crippen molar-refractivity contribution in [2.75, 3.05) is 11.9 Å². The normalized spacial score (nSPS) is 19.3. The molecule has 2 aromatic heterocycles. The maximum Gasteiger partial charge on any atom is 0.324 e. The molecule has 1 saturated carbocycles. The van der Waals surface area contributed by atoms with Crippen LogP contribution in [0.1, 0.15) is 55.6 Å². The topological polar surface area (TPSA) is 114 Å². The number of likely N-dealkylation sites (tertiary alicyclic amines) is 1. The van der Waals surface area contributed by atoms with Gasteiger partial charge < -0.3 is 10.6 Å². The van der Waals surface area contributed by atoms with Gasteiger partial charge >= 0.3 is 6.03 Å². The van der Waals surface area contributed by atoms with Crippen LogP contribution in [0.15, 0.2) is 42.6 Å². The van der Waals surface area contributed by atoms with Crippen molar-refractivity contribution in [1.82, 2.24) is 19.9 Å². The molecule has 2 fully saturated rings. The number of hydrogen-bond donors (Lipinski definition) is 2. The van der Waals surface area contributed by atoms with Gasteiger partial charge in [0.05, 0.1) is 21.7 Å². The molecule has 1 aliphatic heterocycles. The van der Waals surface area contributed by atoms with Crippen LogP contribution in [-0.2, 0) is 10.2 Å². The van der Waals surface area contributed by atoms with Crippen LogP contribution in [0, 0.1) is 6.92 Å². The first-order valence-corrected chi connectivity index (χ1v) is 12.5. The van der Waals surface area contributed by atoms with Crippen molar-refractivity contribution in [3.63, 3.8) is 0 Å². The molecule has 3 aromatic rings. The molecule has 1 aliphatic carbocycles. The fourth-order valence-corrected chi connectivity index (χ4v) is 6.18. The average molecular weight is 477 g/mol. The Morgan fingerprint density at radius 1 is 1.12 bits per heavy atom. The van der Waals surface area contributed by atoms with Gasteiger partial charge in [-0.15, -0.1) is 0 Å². The minimum atomic E-state index is -0.564. The third kappa shape index (κ3) is 4.04. The van der Waals surface area contributed by atoms with E-state index < -0.39 is 11.9 Å². The van der Waals surface area contributed by atoms with Crippen LogP contribution < -0.4 is 11.1 Å². The molecule has 8 nitrogen and oxygen atoms in total. The quantitative estimate of drug-likeness (QED) is 0.571. The average Bonchev–Trinajstić information content (AvgIpc) is 3.60. The number of rotatable bonds is 5. The number of hydrogen-bond acceptors (Lipinski definition) is 6. The van der Waals surface area contributed by atoms with Crippen molar-refractivity contribution in [1.29, 1.82) is 0 Å². The number of benzene rings is 1. The number of thiazole rings is 1. The van der Waals surface area contributed by atoms with Crippen LogP contribution in [0.3, 0.4) is 0 Å². The summed E-state index contributed by atoms with van der Waals surface area (Å²) in [7, 11) is 0. The fourth-order valence-electron chi connectivity index (χ4n) is 5.25. The van der Waals surface area contributed by atoms with Gasteiger partial charge in [0.25, 0.3) is 0 Å². The minimum Gasteiger partial charge on any atom is -0.368 e. The molecule has 5 rings (SSSR count). The first-order valence-electron chi connectivity index (χ1n) is 11.7. The molecular formula is C25H28N6O2S. The largest absolute Gasteiger partial charge is 0.368 e. The molecule has 1 aromatic carbocycles. The Hall–Kier alpha value is -3.33. The van der Waals surface area contributed by atoms with Crippen LogP contribution in [0.25, 0.3) is 10.6 Å². The summed E-state index contributed by atoms with van der Waals surface area (Å²) in [6.45, 7) is 2.42. The molecule has 3 N–H and O–H groups in total. The van der Waals surface area contributed by atoms with Crippen molar-refractivity contribution in [3.8, 4) is 10.6 Å². The number of nitrogens with one attached hydrogen (secondary N) is 1. The smallest absolute Gasteiger partial charge is 0.324 e. The van der Waals surface area contributed by atoms with E-state index in [1.54, 1.807) is 0 Å².